The molecule has 1 heterocycles. The molecule has 0 atom stereocenters. The van der Waals surface area contributed by atoms with E-state index < -0.39 is 17.4 Å². The van der Waals surface area contributed by atoms with Crippen LogP contribution in [0.1, 0.15) is 25.3 Å². The summed E-state index contributed by atoms with van der Waals surface area (Å²) in [6.07, 6.45) is 1.51. The molecule has 34 heavy (non-hydrogen) atoms. The molecule has 2 N–H and O–H groups in total. The van der Waals surface area contributed by atoms with E-state index in [9.17, 15) is 4.79 Å². The molecule has 2 aromatic carbocycles. The summed E-state index contributed by atoms with van der Waals surface area (Å²) < 4.78 is 16.7. The Morgan fingerprint density at radius 3 is 2.00 bits per heavy atom. The fraction of sp³-hybridized carbons (Fsp3) is 0.400. The molecule has 9 nitrogen and oxygen atoms in total. The first-order valence-electron chi connectivity index (χ1n) is 11.0. The Bertz CT molecular complexity index is 927. The number of aliphatic carboxylic acids is 2. The normalized spacial score (nSPS) is 14.8. The number of hydrogen-bond acceptors (Lipinski definition) is 7. The van der Waals surface area contributed by atoms with Crippen LogP contribution in [0.15, 0.2) is 54.6 Å². The fourth-order valence-electron chi connectivity index (χ4n) is 3.82. The van der Waals surface area contributed by atoms with Crippen molar-refractivity contribution < 1.29 is 38.8 Å². The standard InChI is InChI=1S/C23H29NO4.C2H2O4/c1-3-27-22(25)23(19-9-5-4-6-10-19)13-15-24(16-14-23)17-18-28-21-12-8-7-11-20(21)26-2;3-1(4)2(5)6/h4-12H,3,13-18H2,1-2H3;(H,3,4)(H,5,6). The first-order chi connectivity index (χ1) is 16.3. The van der Waals surface area contributed by atoms with E-state index in [2.05, 4.69) is 4.90 Å². The van der Waals surface area contributed by atoms with E-state index in [0.717, 1.165) is 49.5 Å². The predicted octanol–water partition coefficient (Wildman–Crippen LogP) is 2.83. The zero-order valence-electron chi connectivity index (χ0n) is 19.4. The van der Waals surface area contributed by atoms with Gasteiger partial charge in [-0.3, -0.25) is 9.69 Å². The lowest BCUT2D eigenvalue weighted by Gasteiger charge is -2.40. The summed E-state index contributed by atoms with van der Waals surface area (Å²) in [6, 6.07) is 17.7. The average molecular weight is 474 g/mol. The van der Waals surface area contributed by atoms with E-state index in [1.807, 2.05) is 61.5 Å². The van der Waals surface area contributed by atoms with E-state index in [0.29, 0.717) is 13.2 Å². The third-order valence-corrected chi connectivity index (χ3v) is 5.62. The van der Waals surface area contributed by atoms with Crippen LogP contribution in [0.4, 0.5) is 0 Å². The Hall–Kier alpha value is -3.59. The third kappa shape index (κ3) is 7.21. The Labute approximate surface area is 198 Å². The molecule has 1 aliphatic heterocycles. The summed E-state index contributed by atoms with van der Waals surface area (Å²) in [5, 5.41) is 14.8. The molecular weight excluding hydrogens is 442 g/mol. The van der Waals surface area contributed by atoms with E-state index in [4.69, 9.17) is 34.0 Å². The van der Waals surface area contributed by atoms with Crippen molar-refractivity contribution in [3.05, 3.63) is 60.2 Å². The summed E-state index contributed by atoms with van der Waals surface area (Å²) in [4.78, 5) is 33.4. The molecule has 9 heteroatoms. The van der Waals surface area contributed by atoms with Crippen LogP contribution in [0.3, 0.4) is 0 Å². The first kappa shape index (κ1) is 26.7. The number of piperidine rings is 1. The van der Waals surface area contributed by atoms with Crippen molar-refractivity contribution in [2.45, 2.75) is 25.2 Å². The second-order valence-corrected chi connectivity index (χ2v) is 7.62. The van der Waals surface area contributed by atoms with Gasteiger partial charge in [0.05, 0.1) is 19.1 Å². The van der Waals surface area contributed by atoms with Crippen molar-refractivity contribution in [3.63, 3.8) is 0 Å². The van der Waals surface area contributed by atoms with Crippen LogP contribution < -0.4 is 9.47 Å². The second-order valence-electron chi connectivity index (χ2n) is 7.62. The van der Waals surface area contributed by atoms with Crippen molar-refractivity contribution in [1.29, 1.82) is 0 Å². The van der Waals surface area contributed by atoms with Crippen molar-refractivity contribution in [1.82, 2.24) is 4.90 Å². The lowest BCUT2D eigenvalue weighted by atomic mass is 9.72. The van der Waals surface area contributed by atoms with Gasteiger partial charge >= 0.3 is 17.9 Å². The molecule has 0 radical (unpaired) electrons. The van der Waals surface area contributed by atoms with Gasteiger partial charge in [0.2, 0.25) is 0 Å². The van der Waals surface area contributed by atoms with Gasteiger partial charge in [0, 0.05) is 6.54 Å². The smallest absolute Gasteiger partial charge is 0.414 e. The zero-order chi connectivity index (χ0) is 25.0. The molecule has 3 rings (SSSR count). The number of rotatable bonds is 8. The fourth-order valence-corrected chi connectivity index (χ4v) is 3.82. The van der Waals surface area contributed by atoms with Gasteiger partial charge in [-0.25, -0.2) is 9.59 Å². The molecule has 1 saturated heterocycles. The summed E-state index contributed by atoms with van der Waals surface area (Å²) in [7, 11) is 1.64. The molecule has 2 aromatic rings. The highest BCUT2D eigenvalue weighted by Gasteiger charge is 2.44. The van der Waals surface area contributed by atoms with Crippen LogP contribution in [-0.2, 0) is 24.5 Å². The van der Waals surface area contributed by atoms with Crippen LogP contribution >= 0.6 is 0 Å². The maximum absolute atomic E-state index is 12.8. The van der Waals surface area contributed by atoms with Gasteiger partial charge in [0.1, 0.15) is 6.61 Å². The minimum atomic E-state index is -1.82. The van der Waals surface area contributed by atoms with Gasteiger partial charge in [-0.05, 0) is 50.6 Å². The van der Waals surface area contributed by atoms with E-state index in [1.54, 1.807) is 7.11 Å². The van der Waals surface area contributed by atoms with Gasteiger partial charge in [0.25, 0.3) is 0 Å². The van der Waals surface area contributed by atoms with E-state index in [-0.39, 0.29) is 5.97 Å². The van der Waals surface area contributed by atoms with Gasteiger partial charge in [-0.2, -0.15) is 0 Å². The lowest BCUT2D eigenvalue weighted by Crippen LogP contribution is -2.48. The van der Waals surface area contributed by atoms with Crippen molar-refractivity contribution in [2.75, 3.05) is 40.0 Å². The number of esters is 1. The number of hydrogen-bond donors (Lipinski definition) is 2. The Balaban J connectivity index is 0.000000604. The quantitative estimate of drug-likeness (QED) is 0.440. The number of para-hydroxylation sites is 2. The van der Waals surface area contributed by atoms with Crippen molar-refractivity contribution in [3.8, 4) is 11.5 Å². The second kappa shape index (κ2) is 13.2. The van der Waals surface area contributed by atoms with Gasteiger partial charge < -0.3 is 24.4 Å². The third-order valence-electron chi connectivity index (χ3n) is 5.62. The molecule has 1 aliphatic rings. The van der Waals surface area contributed by atoms with E-state index in [1.165, 1.54) is 0 Å². The molecule has 184 valence electrons. The predicted molar refractivity (Wildman–Crippen MR) is 124 cm³/mol. The number of nitrogens with zero attached hydrogens (tertiary/aromatic N) is 1. The summed E-state index contributed by atoms with van der Waals surface area (Å²) in [5.41, 5.74) is 0.510. The first-order valence-corrected chi connectivity index (χ1v) is 11.0. The highest BCUT2D eigenvalue weighted by molar-refractivity contribution is 6.27. The highest BCUT2D eigenvalue weighted by Crippen LogP contribution is 2.37. The monoisotopic (exact) mass is 473 g/mol. The minimum absolute atomic E-state index is 0.105. The number of methoxy groups -OCH3 is 1. The maximum Gasteiger partial charge on any atom is 0.414 e. The molecule has 0 amide bonds. The molecule has 0 spiro atoms. The highest BCUT2D eigenvalue weighted by atomic mass is 16.5. The molecule has 0 aliphatic carbocycles. The maximum atomic E-state index is 12.8. The van der Waals surface area contributed by atoms with Crippen LogP contribution in [0.25, 0.3) is 0 Å². The molecule has 0 unspecified atom stereocenters. The number of carbonyl (C=O) groups excluding carboxylic acids is 1. The Kier molecular flexibility index (Phi) is 10.3. The van der Waals surface area contributed by atoms with Gasteiger partial charge in [-0.1, -0.05) is 42.5 Å². The molecular formula is C25H31NO8. The van der Waals surface area contributed by atoms with Gasteiger partial charge in [0.15, 0.2) is 11.5 Å². The molecule has 0 bridgehead atoms. The van der Waals surface area contributed by atoms with Crippen LogP contribution in [0.2, 0.25) is 0 Å². The van der Waals surface area contributed by atoms with Gasteiger partial charge in [-0.15, -0.1) is 0 Å². The zero-order valence-corrected chi connectivity index (χ0v) is 19.4. The van der Waals surface area contributed by atoms with E-state index >= 15 is 0 Å². The summed E-state index contributed by atoms with van der Waals surface area (Å²) in [5.74, 6) is -2.25. The van der Waals surface area contributed by atoms with Crippen LogP contribution in [0, 0.1) is 0 Å². The number of likely N-dealkylation sites (tertiary alicyclic amines) is 1. The molecule has 0 aromatic heterocycles. The minimum Gasteiger partial charge on any atom is -0.493 e. The Morgan fingerprint density at radius 2 is 1.47 bits per heavy atom. The van der Waals surface area contributed by atoms with Crippen LogP contribution in [-0.4, -0.2) is 73.0 Å². The topological polar surface area (TPSA) is 123 Å². The van der Waals surface area contributed by atoms with Crippen molar-refractivity contribution in [2.24, 2.45) is 0 Å². The molecule has 0 saturated carbocycles. The number of ether oxygens (including phenoxy) is 3. The number of carboxylic acid groups (broad SMARTS) is 2. The Morgan fingerprint density at radius 1 is 0.912 bits per heavy atom. The number of benzene rings is 2. The summed E-state index contributed by atoms with van der Waals surface area (Å²) in [6.45, 7) is 5.33. The largest absolute Gasteiger partial charge is 0.493 e. The SMILES string of the molecule is CCOC(=O)C1(c2ccccc2)CCN(CCOc2ccccc2OC)CC1.O=C(O)C(=O)O. The van der Waals surface area contributed by atoms with Crippen LogP contribution in [0.5, 0.6) is 11.5 Å². The summed E-state index contributed by atoms with van der Waals surface area (Å²) >= 11 is 0. The average Bonchev–Trinajstić information content (AvgIpc) is 2.86. The van der Waals surface area contributed by atoms with Crippen molar-refractivity contribution >= 4 is 17.9 Å². The lowest BCUT2D eigenvalue weighted by molar-refractivity contribution is -0.159. The number of carbonyl (C=O) groups is 3. The number of carboxylic acids is 2. The molecule has 1 fully saturated rings.